The van der Waals surface area contributed by atoms with Crippen molar-refractivity contribution in [2.45, 2.75) is 44.4 Å². The average molecular weight is 572 g/mol. The van der Waals surface area contributed by atoms with E-state index in [0.29, 0.717) is 12.3 Å². The van der Waals surface area contributed by atoms with Crippen molar-refractivity contribution in [3.63, 3.8) is 0 Å². The van der Waals surface area contributed by atoms with Crippen molar-refractivity contribution < 1.29 is 14.3 Å². The van der Waals surface area contributed by atoms with Crippen LogP contribution in [0.4, 0.5) is 11.5 Å². The Kier molecular flexibility index (Phi) is 9.00. The molecule has 1 aromatic carbocycles. The van der Waals surface area contributed by atoms with Gasteiger partial charge in [-0.3, -0.25) is 4.79 Å². The van der Waals surface area contributed by atoms with Crippen molar-refractivity contribution in [2.24, 2.45) is 5.92 Å². The molecule has 0 aliphatic carbocycles. The van der Waals surface area contributed by atoms with Gasteiger partial charge in [-0.05, 0) is 80.0 Å². The number of fused-ring (bicyclic) bond motifs is 1. The van der Waals surface area contributed by atoms with Gasteiger partial charge in [0, 0.05) is 54.5 Å². The summed E-state index contributed by atoms with van der Waals surface area (Å²) in [5.74, 6) is 1.70. The Morgan fingerprint density at radius 2 is 2.11 bits per heavy atom. The molecule has 2 fully saturated rings. The highest BCUT2D eigenvalue weighted by atomic mass is 79.9. The number of halogens is 1. The zero-order valence-corrected chi connectivity index (χ0v) is 23.5. The number of nitrogens with one attached hydrogen (secondary N) is 1. The van der Waals surface area contributed by atoms with Gasteiger partial charge in [-0.15, -0.1) is 0 Å². The van der Waals surface area contributed by atoms with Crippen molar-refractivity contribution in [1.82, 2.24) is 9.88 Å². The van der Waals surface area contributed by atoms with Crippen molar-refractivity contribution in [2.75, 3.05) is 69.8 Å². The van der Waals surface area contributed by atoms with E-state index in [1.54, 1.807) is 0 Å². The topological polar surface area (TPSA) is 66.9 Å². The Bertz CT molecular complexity index is 1080. The fraction of sp³-hybridized carbons (Fsp3) is 0.586. The molecule has 1 N–H and O–H groups in total. The smallest absolute Gasteiger partial charge is 0.306 e. The summed E-state index contributed by atoms with van der Waals surface area (Å²) in [4.78, 5) is 22.2. The van der Waals surface area contributed by atoms with E-state index in [0.717, 1.165) is 82.0 Å². The molecule has 4 heterocycles. The number of esters is 1. The summed E-state index contributed by atoms with van der Waals surface area (Å²) in [6.45, 7) is 7.32. The number of aryl methyl sites for hydroxylation is 2. The SMILES string of the molecule is COC(=O)CC(CN1CC[C@@H](CCc2ccc3c(n2)NCCC3)C1)c1cc(Br)cc(N2CCOCC2)c1. The number of carbonyl (C=O) groups is 1. The van der Waals surface area contributed by atoms with E-state index >= 15 is 0 Å². The van der Waals surface area contributed by atoms with E-state index in [4.69, 9.17) is 14.5 Å². The third kappa shape index (κ3) is 7.03. The molecule has 2 aromatic rings. The molecule has 3 aliphatic rings. The van der Waals surface area contributed by atoms with Gasteiger partial charge in [0.1, 0.15) is 5.82 Å². The van der Waals surface area contributed by atoms with E-state index < -0.39 is 0 Å². The Hall–Kier alpha value is -2.16. The minimum atomic E-state index is -0.152. The number of carbonyl (C=O) groups excluding carboxylic acids is 1. The summed E-state index contributed by atoms with van der Waals surface area (Å²) in [5, 5.41) is 3.45. The molecule has 2 atom stereocenters. The van der Waals surface area contributed by atoms with Crippen LogP contribution in [0.15, 0.2) is 34.8 Å². The van der Waals surface area contributed by atoms with E-state index in [-0.39, 0.29) is 11.9 Å². The van der Waals surface area contributed by atoms with Crippen LogP contribution in [0.1, 0.15) is 48.4 Å². The molecular formula is C29H39BrN4O3. The first kappa shape index (κ1) is 26.4. The normalized spacial score (nSPS) is 20.8. The van der Waals surface area contributed by atoms with Crippen LogP contribution < -0.4 is 10.2 Å². The van der Waals surface area contributed by atoms with Crippen LogP contribution in [0.25, 0.3) is 0 Å². The molecule has 0 amide bonds. The first-order valence-corrected chi connectivity index (χ1v) is 14.5. The van der Waals surface area contributed by atoms with Gasteiger partial charge in [-0.2, -0.15) is 0 Å². The lowest BCUT2D eigenvalue weighted by atomic mass is 9.94. The quantitative estimate of drug-likeness (QED) is 0.440. The minimum absolute atomic E-state index is 0.0943. The third-order valence-corrected chi connectivity index (χ3v) is 8.46. The Morgan fingerprint density at radius 3 is 2.95 bits per heavy atom. The van der Waals surface area contributed by atoms with Crippen LogP contribution in [0.5, 0.6) is 0 Å². The second-order valence-corrected chi connectivity index (χ2v) is 11.5. The zero-order valence-electron chi connectivity index (χ0n) is 21.9. The third-order valence-electron chi connectivity index (χ3n) is 8.00. The van der Waals surface area contributed by atoms with Crippen molar-refractivity contribution in [3.8, 4) is 0 Å². The maximum absolute atomic E-state index is 12.4. The van der Waals surface area contributed by atoms with Crippen LogP contribution >= 0.6 is 15.9 Å². The molecule has 0 radical (unpaired) electrons. The molecule has 2 saturated heterocycles. The van der Waals surface area contributed by atoms with Crippen molar-refractivity contribution >= 4 is 33.4 Å². The number of morpholine rings is 1. The van der Waals surface area contributed by atoms with Gasteiger partial charge in [0.2, 0.25) is 0 Å². The highest BCUT2D eigenvalue weighted by Crippen LogP contribution is 2.32. The first-order chi connectivity index (χ1) is 18.1. The lowest BCUT2D eigenvalue weighted by molar-refractivity contribution is -0.141. The number of nitrogens with zero attached hydrogens (tertiary/aromatic N) is 3. The molecule has 5 rings (SSSR count). The Balaban J connectivity index is 1.21. The fourth-order valence-corrected chi connectivity index (χ4v) is 6.39. The maximum atomic E-state index is 12.4. The number of benzene rings is 1. The number of hydrogen-bond donors (Lipinski definition) is 1. The number of anilines is 2. The average Bonchev–Trinajstić information content (AvgIpc) is 3.38. The number of methoxy groups -OCH3 is 1. The molecule has 1 unspecified atom stereocenters. The molecule has 0 spiro atoms. The summed E-state index contributed by atoms with van der Waals surface area (Å²) in [5.41, 5.74) is 4.92. The number of pyridine rings is 1. The molecule has 3 aliphatic heterocycles. The largest absolute Gasteiger partial charge is 0.469 e. The van der Waals surface area contributed by atoms with E-state index in [1.807, 2.05) is 0 Å². The molecule has 8 heteroatoms. The van der Waals surface area contributed by atoms with Gasteiger partial charge in [0.25, 0.3) is 0 Å². The summed E-state index contributed by atoms with van der Waals surface area (Å²) in [6, 6.07) is 11.1. The highest BCUT2D eigenvalue weighted by molar-refractivity contribution is 9.10. The summed E-state index contributed by atoms with van der Waals surface area (Å²) >= 11 is 3.72. The standard InChI is InChI=1S/C29H39BrN4O3/c1-36-28(35)17-24(23-15-25(30)18-27(16-23)34-11-13-37-14-12-34)20-33-10-8-21(19-33)4-6-26-7-5-22-3-2-9-31-29(22)32-26/h5,7,15-16,18,21,24H,2-4,6,8-14,17,19-20H2,1H3,(H,31,32)/t21-,24?/m1/s1. The number of rotatable bonds is 9. The van der Waals surface area contributed by atoms with Gasteiger partial charge in [-0.25, -0.2) is 4.98 Å². The Morgan fingerprint density at radius 1 is 1.24 bits per heavy atom. The van der Waals surface area contributed by atoms with Gasteiger partial charge in [-0.1, -0.05) is 22.0 Å². The van der Waals surface area contributed by atoms with Gasteiger partial charge >= 0.3 is 5.97 Å². The molecule has 0 bridgehead atoms. The van der Waals surface area contributed by atoms with E-state index in [2.05, 4.69) is 61.4 Å². The van der Waals surface area contributed by atoms with Crippen LogP contribution in [0.2, 0.25) is 0 Å². The zero-order chi connectivity index (χ0) is 25.6. The molecule has 200 valence electrons. The van der Waals surface area contributed by atoms with E-state index in [9.17, 15) is 4.79 Å². The monoisotopic (exact) mass is 570 g/mol. The number of ether oxygens (including phenoxy) is 2. The van der Waals surface area contributed by atoms with E-state index in [1.165, 1.54) is 42.5 Å². The van der Waals surface area contributed by atoms with Crippen LogP contribution in [-0.4, -0.2) is 75.4 Å². The second kappa shape index (κ2) is 12.6. The lowest BCUT2D eigenvalue weighted by Crippen LogP contribution is -2.36. The molecule has 37 heavy (non-hydrogen) atoms. The molecular weight excluding hydrogens is 532 g/mol. The first-order valence-electron chi connectivity index (χ1n) is 13.7. The Labute approximate surface area is 229 Å². The molecule has 7 nitrogen and oxygen atoms in total. The predicted molar refractivity (Wildman–Crippen MR) is 150 cm³/mol. The number of hydrogen-bond acceptors (Lipinski definition) is 7. The van der Waals surface area contributed by atoms with Crippen molar-refractivity contribution in [1.29, 1.82) is 0 Å². The summed E-state index contributed by atoms with van der Waals surface area (Å²) < 4.78 is 11.7. The van der Waals surface area contributed by atoms with Crippen LogP contribution in [0.3, 0.4) is 0 Å². The van der Waals surface area contributed by atoms with Gasteiger partial charge in [0.15, 0.2) is 0 Å². The molecule has 0 saturated carbocycles. The second-order valence-electron chi connectivity index (χ2n) is 10.6. The van der Waals surface area contributed by atoms with Gasteiger partial charge in [0.05, 0.1) is 26.7 Å². The van der Waals surface area contributed by atoms with Crippen molar-refractivity contribution in [3.05, 3.63) is 51.6 Å². The van der Waals surface area contributed by atoms with Crippen LogP contribution in [0, 0.1) is 5.92 Å². The van der Waals surface area contributed by atoms with Gasteiger partial charge < -0.3 is 24.6 Å². The number of likely N-dealkylation sites (tertiary alicyclic amines) is 1. The highest BCUT2D eigenvalue weighted by Gasteiger charge is 2.27. The maximum Gasteiger partial charge on any atom is 0.306 e. The summed E-state index contributed by atoms with van der Waals surface area (Å²) in [6.07, 6.45) is 6.09. The minimum Gasteiger partial charge on any atom is -0.469 e. The fourth-order valence-electron chi connectivity index (χ4n) is 5.89. The number of aromatic nitrogens is 1. The van der Waals surface area contributed by atoms with Crippen LogP contribution in [-0.2, 0) is 27.1 Å². The predicted octanol–water partition coefficient (Wildman–Crippen LogP) is 4.64. The lowest BCUT2D eigenvalue weighted by Gasteiger charge is -2.30. The summed E-state index contributed by atoms with van der Waals surface area (Å²) in [7, 11) is 1.48. The molecule has 1 aromatic heterocycles.